The van der Waals surface area contributed by atoms with Gasteiger partial charge in [-0.3, -0.25) is 19.2 Å². The molecule has 2 aromatic carbocycles. The summed E-state index contributed by atoms with van der Waals surface area (Å²) in [5.41, 5.74) is 9.47. The second-order valence-corrected chi connectivity index (χ2v) is 21.3. The summed E-state index contributed by atoms with van der Waals surface area (Å²) in [7, 11) is -0.290. The Morgan fingerprint density at radius 1 is 0.904 bits per heavy atom. The molecule has 5 heterocycles. The van der Waals surface area contributed by atoms with Crippen molar-refractivity contribution in [3.63, 3.8) is 0 Å². The number of carboxylic acids is 1. The lowest BCUT2D eigenvalue weighted by Gasteiger charge is -2.40. The van der Waals surface area contributed by atoms with Gasteiger partial charge in [0.15, 0.2) is 0 Å². The molecule has 3 aromatic rings. The maximum Gasteiger partial charge on any atom is 0.490 e. The molecule has 24 heteroatoms. The third-order valence-corrected chi connectivity index (χ3v) is 15.3. The highest BCUT2D eigenvalue weighted by Gasteiger charge is 2.44. The van der Waals surface area contributed by atoms with Gasteiger partial charge in [0.1, 0.15) is 39.7 Å². The van der Waals surface area contributed by atoms with Crippen molar-refractivity contribution in [3.8, 4) is 5.75 Å². The van der Waals surface area contributed by atoms with Crippen LogP contribution in [0.4, 0.5) is 13.2 Å². The van der Waals surface area contributed by atoms with Gasteiger partial charge in [0.2, 0.25) is 33.4 Å². The smallest absolute Gasteiger partial charge is 0.487 e. The molecule has 4 aliphatic heterocycles. The van der Waals surface area contributed by atoms with E-state index in [1.54, 1.807) is 29.7 Å². The number of hydrogen-bond donors (Lipinski definition) is 3. The number of pyridine rings is 1. The molecule has 2 unspecified atom stereocenters. The van der Waals surface area contributed by atoms with E-state index in [-0.39, 0.29) is 70.0 Å². The molecule has 2 atom stereocenters. The Morgan fingerprint density at radius 2 is 1.49 bits per heavy atom. The number of ketones is 2. The molecule has 1 aliphatic carbocycles. The number of piperazine rings is 1. The average molecular weight is 1080 g/mol. The van der Waals surface area contributed by atoms with Crippen LogP contribution >= 0.6 is 23.2 Å². The molecule has 73 heavy (non-hydrogen) atoms. The standard InChI is InChI=1S/C35H48Cl2N6O5S.C12H13N3O2.C2HF3O2/c1-7-35(4,34(45)43-19-17-42(18-20-43)33(44)28(38)12-8-9-16-41(5)6)40-49(46,47)30-15-14-27(36)26(31(30)37)22-48-29-13-10-11-25-23(2)21-24(3)39-32(25)29;16-9-7-8(13-1-2-13)12(17)11(15-5-6-15)10(9)14-3-4-14;3-2(4,5)1(6)7/h10-11,13-15,21,28,40H,7-9,12,16-20,22,38H2,1-6H3;7H,1-6H2;(H,6,7). The summed E-state index contributed by atoms with van der Waals surface area (Å²) in [5, 5.41) is 8.20. The van der Waals surface area contributed by atoms with Gasteiger partial charge in [-0.15, -0.1) is 0 Å². The van der Waals surface area contributed by atoms with E-state index in [1.165, 1.54) is 18.2 Å². The van der Waals surface area contributed by atoms with Gasteiger partial charge in [-0.2, -0.15) is 17.9 Å². The fourth-order valence-corrected chi connectivity index (χ4v) is 10.6. The number of ether oxygens (including phenoxy) is 1. The molecule has 1 aromatic heterocycles. The van der Waals surface area contributed by atoms with Crippen LogP contribution in [0.15, 0.2) is 64.5 Å². The normalized spacial score (nSPS) is 17.9. The van der Waals surface area contributed by atoms with Crippen LogP contribution in [-0.4, -0.2) is 181 Å². The maximum atomic E-state index is 13.8. The highest BCUT2D eigenvalue weighted by Crippen LogP contribution is 2.36. The summed E-state index contributed by atoms with van der Waals surface area (Å²) in [4.78, 5) is 75.9. The highest BCUT2D eigenvalue weighted by atomic mass is 35.5. The first kappa shape index (κ1) is 56.8. The lowest BCUT2D eigenvalue weighted by Crippen LogP contribution is -2.62. The van der Waals surface area contributed by atoms with E-state index in [4.69, 9.17) is 43.6 Å². The lowest BCUT2D eigenvalue weighted by atomic mass is 9.98. The zero-order valence-electron chi connectivity index (χ0n) is 41.7. The molecule has 0 radical (unpaired) electrons. The van der Waals surface area contributed by atoms with Crippen molar-refractivity contribution in [2.45, 2.75) is 82.6 Å². The molecule has 0 saturated carbocycles. The molecule has 8 rings (SSSR count). The molecular formula is C49H62Cl2F3N9O9S. The van der Waals surface area contributed by atoms with Crippen LogP contribution in [0.25, 0.3) is 10.9 Å². The first-order chi connectivity index (χ1) is 34.3. The number of allylic oxidation sites excluding steroid dienone is 1. The van der Waals surface area contributed by atoms with E-state index in [1.807, 2.05) is 60.8 Å². The number of rotatable bonds is 17. The highest BCUT2D eigenvalue weighted by molar-refractivity contribution is 7.89. The minimum atomic E-state index is -5.08. The summed E-state index contributed by atoms with van der Waals surface area (Å²) in [6.45, 7) is 14.6. The van der Waals surface area contributed by atoms with E-state index in [2.05, 4.69) is 14.6 Å². The second-order valence-electron chi connectivity index (χ2n) is 18.9. The Labute approximate surface area is 432 Å². The third-order valence-electron chi connectivity index (χ3n) is 12.8. The topological polar surface area (TPSA) is 219 Å². The SMILES string of the molecule is CCC(C)(NS(=O)(=O)c1ccc(Cl)c(COc2cccc3c(C)cc(C)nc23)c1Cl)C(=O)N1CCN(C(=O)C(N)CCCCN(C)C)CC1.O=C(O)C(F)(F)F.O=C1C=C(N2CC2)C(=O)C(N2CC2)=C1N1CC1. The molecule has 2 amide bonds. The third kappa shape index (κ3) is 14.2. The Hall–Kier alpha value is -5.52. The van der Waals surface area contributed by atoms with E-state index in [9.17, 15) is 40.8 Å². The maximum absolute atomic E-state index is 13.8. The number of hydrogen-bond acceptors (Lipinski definition) is 14. The largest absolute Gasteiger partial charge is 0.490 e. The lowest BCUT2D eigenvalue weighted by molar-refractivity contribution is -0.192. The zero-order chi connectivity index (χ0) is 53.7. The molecule has 4 saturated heterocycles. The number of aliphatic carboxylic acids is 1. The molecule has 5 aliphatic rings. The molecule has 4 N–H and O–H groups in total. The molecule has 0 bridgehead atoms. The van der Waals surface area contributed by atoms with Crippen LogP contribution in [0.2, 0.25) is 10.0 Å². The van der Waals surface area contributed by atoms with Crippen LogP contribution < -0.4 is 15.2 Å². The van der Waals surface area contributed by atoms with Gasteiger partial charge in [-0.25, -0.2) is 18.2 Å². The van der Waals surface area contributed by atoms with Gasteiger partial charge in [0, 0.05) is 93.2 Å². The Bertz CT molecular complexity index is 2790. The van der Waals surface area contributed by atoms with Crippen LogP contribution in [0.1, 0.15) is 56.4 Å². The van der Waals surface area contributed by atoms with Gasteiger partial charge >= 0.3 is 12.1 Å². The molecule has 4 fully saturated rings. The van der Waals surface area contributed by atoms with Crippen LogP contribution in [0.5, 0.6) is 5.75 Å². The number of fused-ring (bicyclic) bond motifs is 1. The quantitative estimate of drug-likeness (QED) is 0.0946. The fraction of sp³-hybridized carbons (Fsp3) is 0.510. The van der Waals surface area contributed by atoms with Gasteiger partial charge in [-0.1, -0.05) is 48.7 Å². The number of nitrogens with two attached hydrogens (primary N) is 1. The number of alkyl halides is 3. The van der Waals surface area contributed by atoms with Gasteiger partial charge in [0.05, 0.1) is 16.8 Å². The predicted octanol–water partition coefficient (Wildman–Crippen LogP) is 4.73. The predicted molar refractivity (Wildman–Crippen MR) is 268 cm³/mol. The molecular weight excluding hydrogens is 1020 g/mol. The van der Waals surface area contributed by atoms with Crippen LogP contribution in [0.3, 0.4) is 0 Å². The number of sulfonamides is 1. The number of aromatic nitrogens is 1. The minimum absolute atomic E-state index is 0.00546. The first-order valence-corrected chi connectivity index (χ1v) is 26.1. The number of halogens is 5. The van der Waals surface area contributed by atoms with E-state index >= 15 is 0 Å². The van der Waals surface area contributed by atoms with Crippen molar-refractivity contribution < 1.29 is 55.4 Å². The van der Waals surface area contributed by atoms with E-state index in [0.717, 1.165) is 75.3 Å². The number of carboxylic acid groups (broad SMARTS) is 1. The Morgan fingerprint density at radius 3 is 2.05 bits per heavy atom. The monoisotopic (exact) mass is 1080 g/mol. The van der Waals surface area contributed by atoms with Crippen molar-refractivity contribution in [1.82, 2.24) is 39.1 Å². The second kappa shape index (κ2) is 23.4. The van der Waals surface area contributed by atoms with Crippen molar-refractivity contribution in [1.29, 1.82) is 0 Å². The summed E-state index contributed by atoms with van der Waals surface area (Å²) in [6.07, 6.45) is -0.972. The Balaban J connectivity index is 0.000000291. The summed E-state index contributed by atoms with van der Waals surface area (Å²) in [5.74, 6) is -2.72. The number of nitrogens with zero attached hydrogens (tertiary/aromatic N) is 7. The number of unbranched alkanes of at least 4 members (excludes halogenated alkanes) is 1. The fourth-order valence-electron chi connectivity index (χ4n) is 8.26. The van der Waals surface area contributed by atoms with Crippen molar-refractivity contribution in [2.24, 2.45) is 5.73 Å². The number of nitrogens with one attached hydrogen (secondary N) is 1. The van der Waals surface area contributed by atoms with Gasteiger partial charge in [-0.05, 0) is 90.5 Å². The molecule has 0 spiro atoms. The minimum Gasteiger partial charge on any atom is -0.487 e. The Kier molecular flexibility index (Phi) is 18.2. The number of Topliss-reactive ketones (excluding diaryl/α,β-unsaturated/α-hetero) is 1. The molecule has 398 valence electrons. The number of carbonyl (C=O) groups is 5. The van der Waals surface area contributed by atoms with Crippen molar-refractivity contribution >= 4 is 73.5 Å². The summed E-state index contributed by atoms with van der Waals surface area (Å²) >= 11 is 13.2. The number of amides is 2. The number of carbonyl (C=O) groups excluding carboxylic acids is 4. The van der Waals surface area contributed by atoms with Crippen molar-refractivity contribution in [2.75, 3.05) is 86.1 Å². The van der Waals surface area contributed by atoms with Gasteiger partial charge in [0.25, 0.3) is 0 Å². The van der Waals surface area contributed by atoms with Gasteiger partial charge < -0.3 is 45.0 Å². The summed E-state index contributed by atoms with van der Waals surface area (Å²) < 4.78 is 68.1. The zero-order valence-corrected chi connectivity index (χ0v) is 44.0. The first-order valence-electron chi connectivity index (χ1n) is 23.9. The van der Waals surface area contributed by atoms with E-state index in [0.29, 0.717) is 47.9 Å². The van der Waals surface area contributed by atoms with E-state index < -0.39 is 33.7 Å². The van der Waals surface area contributed by atoms with Crippen LogP contribution in [-0.2, 0) is 40.6 Å². The van der Waals surface area contributed by atoms with Crippen LogP contribution in [0, 0.1) is 13.8 Å². The van der Waals surface area contributed by atoms with Crippen molar-refractivity contribution in [3.05, 3.63) is 86.4 Å². The number of benzene rings is 2. The number of aryl methyl sites for hydroxylation is 2. The summed E-state index contributed by atoms with van der Waals surface area (Å²) in [6, 6.07) is 9.77. The molecule has 18 nitrogen and oxygen atoms in total. The average Bonchev–Trinajstić information content (AvgIpc) is 4.16. The number of para-hydroxylation sites is 1.